The van der Waals surface area contributed by atoms with Gasteiger partial charge in [-0.15, -0.1) is 0 Å². The van der Waals surface area contributed by atoms with E-state index in [2.05, 4.69) is 35.8 Å². The number of rotatable bonds is 3. The molecule has 1 aliphatic heterocycles. The van der Waals surface area contributed by atoms with E-state index in [9.17, 15) is 0 Å². The van der Waals surface area contributed by atoms with E-state index in [0.29, 0.717) is 6.04 Å². The lowest BCUT2D eigenvalue weighted by Crippen LogP contribution is -2.48. The molecule has 2 N–H and O–H groups in total. The van der Waals surface area contributed by atoms with Crippen molar-refractivity contribution in [3.8, 4) is 0 Å². The number of benzene rings is 1. The molecule has 0 saturated carbocycles. The third-order valence-electron chi connectivity index (χ3n) is 3.52. The van der Waals surface area contributed by atoms with E-state index in [1.54, 1.807) is 0 Å². The molecule has 0 spiro atoms. The zero-order valence-electron chi connectivity index (χ0n) is 10.9. The third-order valence-corrected chi connectivity index (χ3v) is 3.52. The van der Waals surface area contributed by atoms with E-state index >= 15 is 0 Å². The number of nitrogens with zero attached hydrogens (tertiary/aromatic N) is 2. The predicted octanol–water partition coefficient (Wildman–Crippen LogP) is 1.79. The van der Waals surface area contributed by atoms with Crippen LogP contribution in [-0.2, 0) is 6.54 Å². The van der Waals surface area contributed by atoms with Gasteiger partial charge in [0.15, 0.2) is 0 Å². The summed E-state index contributed by atoms with van der Waals surface area (Å²) in [5, 5.41) is 0. The largest absolute Gasteiger partial charge is 0.399 e. The fourth-order valence-electron chi connectivity index (χ4n) is 2.32. The number of anilines is 1. The van der Waals surface area contributed by atoms with Gasteiger partial charge in [0.25, 0.3) is 0 Å². The van der Waals surface area contributed by atoms with Crippen molar-refractivity contribution in [1.29, 1.82) is 0 Å². The molecule has 1 aromatic carbocycles. The molecule has 1 heterocycles. The second kappa shape index (κ2) is 5.52. The van der Waals surface area contributed by atoms with E-state index in [4.69, 9.17) is 5.73 Å². The molecule has 1 aromatic rings. The standard InChI is InChI=1S/C14H23N3/c1-12(2)17-9-7-16(8-10-17)11-13-3-5-14(15)6-4-13/h3-6,12H,7-11,15H2,1-2H3. The lowest BCUT2D eigenvalue weighted by molar-refractivity contribution is 0.104. The summed E-state index contributed by atoms with van der Waals surface area (Å²) in [6.45, 7) is 10.3. The highest BCUT2D eigenvalue weighted by atomic mass is 15.3. The maximum atomic E-state index is 5.69. The Hall–Kier alpha value is -1.06. The van der Waals surface area contributed by atoms with E-state index in [0.717, 1.165) is 12.2 Å². The van der Waals surface area contributed by atoms with Crippen LogP contribution in [0.15, 0.2) is 24.3 Å². The Morgan fingerprint density at radius 1 is 1.06 bits per heavy atom. The summed E-state index contributed by atoms with van der Waals surface area (Å²) in [6, 6.07) is 8.90. The summed E-state index contributed by atoms with van der Waals surface area (Å²) in [5.41, 5.74) is 7.90. The smallest absolute Gasteiger partial charge is 0.0314 e. The average molecular weight is 233 g/mol. The summed E-state index contributed by atoms with van der Waals surface area (Å²) < 4.78 is 0. The molecule has 3 heteroatoms. The fraction of sp³-hybridized carbons (Fsp3) is 0.571. The SMILES string of the molecule is CC(C)N1CCN(Cc2ccc(N)cc2)CC1. The van der Waals surface area contributed by atoms with Gasteiger partial charge in [-0.2, -0.15) is 0 Å². The highest BCUT2D eigenvalue weighted by molar-refractivity contribution is 5.39. The molecule has 1 saturated heterocycles. The number of nitrogens with two attached hydrogens (primary N) is 1. The molecule has 0 amide bonds. The second-order valence-electron chi connectivity index (χ2n) is 5.15. The number of hydrogen-bond donors (Lipinski definition) is 1. The Kier molecular flexibility index (Phi) is 4.02. The molecule has 94 valence electrons. The van der Waals surface area contributed by atoms with Gasteiger partial charge in [0, 0.05) is 44.5 Å². The lowest BCUT2D eigenvalue weighted by atomic mass is 10.1. The van der Waals surface area contributed by atoms with Gasteiger partial charge in [0.1, 0.15) is 0 Å². The maximum Gasteiger partial charge on any atom is 0.0314 e. The Labute approximate surface area is 104 Å². The van der Waals surface area contributed by atoms with Crippen LogP contribution in [-0.4, -0.2) is 42.0 Å². The summed E-state index contributed by atoms with van der Waals surface area (Å²) in [4.78, 5) is 5.06. The Bertz CT molecular complexity index is 337. The first-order valence-corrected chi connectivity index (χ1v) is 6.46. The first kappa shape index (κ1) is 12.4. The molecule has 0 aromatic heterocycles. The van der Waals surface area contributed by atoms with Gasteiger partial charge in [0.05, 0.1) is 0 Å². The maximum absolute atomic E-state index is 5.69. The van der Waals surface area contributed by atoms with Gasteiger partial charge in [0.2, 0.25) is 0 Å². The highest BCUT2D eigenvalue weighted by Crippen LogP contribution is 2.11. The summed E-state index contributed by atoms with van der Waals surface area (Å²) in [6.07, 6.45) is 0. The molecule has 2 rings (SSSR count). The average Bonchev–Trinajstić information content (AvgIpc) is 2.33. The minimum absolute atomic E-state index is 0.675. The Morgan fingerprint density at radius 2 is 1.65 bits per heavy atom. The van der Waals surface area contributed by atoms with Crippen LogP contribution in [0.5, 0.6) is 0 Å². The van der Waals surface area contributed by atoms with Crippen molar-refractivity contribution in [2.24, 2.45) is 0 Å². The zero-order chi connectivity index (χ0) is 12.3. The van der Waals surface area contributed by atoms with Crippen molar-refractivity contribution in [2.75, 3.05) is 31.9 Å². The number of hydrogen-bond acceptors (Lipinski definition) is 3. The topological polar surface area (TPSA) is 32.5 Å². The second-order valence-corrected chi connectivity index (χ2v) is 5.15. The van der Waals surface area contributed by atoms with Crippen LogP contribution in [0.3, 0.4) is 0 Å². The van der Waals surface area contributed by atoms with Gasteiger partial charge in [-0.05, 0) is 31.5 Å². The molecule has 1 fully saturated rings. The summed E-state index contributed by atoms with van der Waals surface area (Å²) in [7, 11) is 0. The van der Waals surface area contributed by atoms with Gasteiger partial charge in [-0.3, -0.25) is 9.80 Å². The molecule has 0 bridgehead atoms. The summed E-state index contributed by atoms with van der Waals surface area (Å²) in [5.74, 6) is 0. The Morgan fingerprint density at radius 3 is 2.18 bits per heavy atom. The lowest BCUT2D eigenvalue weighted by Gasteiger charge is -2.36. The predicted molar refractivity (Wildman–Crippen MR) is 72.8 cm³/mol. The van der Waals surface area contributed by atoms with Crippen molar-refractivity contribution >= 4 is 5.69 Å². The van der Waals surface area contributed by atoms with E-state index in [1.807, 2.05) is 12.1 Å². The van der Waals surface area contributed by atoms with Crippen LogP contribution in [0.2, 0.25) is 0 Å². The van der Waals surface area contributed by atoms with Crippen LogP contribution in [0.1, 0.15) is 19.4 Å². The Balaban J connectivity index is 1.84. The number of piperazine rings is 1. The molecule has 0 radical (unpaired) electrons. The normalized spacial score (nSPS) is 18.8. The molecular weight excluding hydrogens is 210 g/mol. The van der Waals surface area contributed by atoms with Gasteiger partial charge in [-0.25, -0.2) is 0 Å². The van der Waals surface area contributed by atoms with Gasteiger partial charge >= 0.3 is 0 Å². The summed E-state index contributed by atoms with van der Waals surface area (Å²) >= 11 is 0. The van der Waals surface area contributed by atoms with Crippen molar-refractivity contribution in [1.82, 2.24) is 9.80 Å². The third kappa shape index (κ3) is 3.45. The van der Waals surface area contributed by atoms with Crippen molar-refractivity contribution in [2.45, 2.75) is 26.4 Å². The molecule has 0 unspecified atom stereocenters. The minimum atomic E-state index is 0.675. The van der Waals surface area contributed by atoms with Crippen LogP contribution in [0.4, 0.5) is 5.69 Å². The van der Waals surface area contributed by atoms with Crippen molar-refractivity contribution in [3.05, 3.63) is 29.8 Å². The van der Waals surface area contributed by atoms with Crippen LogP contribution in [0, 0.1) is 0 Å². The first-order valence-electron chi connectivity index (χ1n) is 6.46. The van der Waals surface area contributed by atoms with Gasteiger partial charge in [-0.1, -0.05) is 12.1 Å². The first-order chi connectivity index (χ1) is 8.15. The van der Waals surface area contributed by atoms with Crippen LogP contribution < -0.4 is 5.73 Å². The monoisotopic (exact) mass is 233 g/mol. The minimum Gasteiger partial charge on any atom is -0.399 e. The van der Waals surface area contributed by atoms with Crippen molar-refractivity contribution in [3.63, 3.8) is 0 Å². The molecule has 0 aliphatic carbocycles. The van der Waals surface area contributed by atoms with E-state index < -0.39 is 0 Å². The van der Waals surface area contributed by atoms with Crippen LogP contribution in [0.25, 0.3) is 0 Å². The van der Waals surface area contributed by atoms with Gasteiger partial charge < -0.3 is 5.73 Å². The fourth-order valence-corrected chi connectivity index (χ4v) is 2.32. The van der Waals surface area contributed by atoms with Crippen molar-refractivity contribution < 1.29 is 0 Å². The quantitative estimate of drug-likeness (QED) is 0.808. The van der Waals surface area contributed by atoms with E-state index in [1.165, 1.54) is 31.7 Å². The molecule has 17 heavy (non-hydrogen) atoms. The van der Waals surface area contributed by atoms with Crippen LogP contribution >= 0.6 is 0 Å². The zero-order valence-corrected chi connectivity index (χ0v) is 10.9. The molecule has 0 atom stereocenters. The molecule has 1 aliphatic rings. The molecular formula is C14H23N3. The highest BCUT2D eigenvalue weighted by Gasteiger charge is 2.18. The van der Waals surface area contributed by atoms with E-state index in [-0.39, 0.29) is 0 Å². The number of nitrogen functional groups attached to an aromatic ring is 1. The molecule has 3 nitrogen and oxygen atoms in total.